The van der Waals surface area contributed by atoms with E-state index in [1.165, 1.54) is 0 Å². The molecule has 1 aliphatic heterocycles. The van der Waals surface area contributed by atoms with Crippen molar-refractivity contribution < 1.29 is 14.3 Å². The zero-order valence-electron chi connectivity index (χ0n) is 14.2. The van der Waals surface area contributed by atoms with Crippen molar-refractivity contribution in [3.63, 3.8) is 0 Å². The lowest BCUT2D eigenvalue weighted by Gasteiger charge is -2.35. The van der Waals surface area contributed by atoms with Gasteiger partial charge >= 0.3 is 0 Å². The zero-order valence-corrected chi connectivity index (χ0v) is 14.2. The van der Waals surface area contributed by atoms with Crippen LogP contribution in [-0.4, -0.2) is 60.8 Å². The fourth-order valence-corrected chi connectivity index (χ4v) is 2.92. The number of hydrogen-bond donors (Lipinski definition) is 0. The molecular formula is C17H22N4O3. The average Bonchev–Trinajstić information content (AvgIpc) is 3.06. The minimum absolute atomic E-state index is 0.00967. The number of nitrogens with zero attached hydrogens (tertiary/aromatic N) is 4. The largest absolute Gasteiger partial charge is 0.493 e. The maximum absolute atomic E-state index is 12.7. The molecule has 1 amide bonds. The van der Waals surface area contributed by atoms with Gasteiger partial charge in [0.2, 0.25) is 5.95 Å². The fraction of sp³-hybridized carbons (Fsp3) is 0.412. The summed E-state index contributed by atoms with van der Waals surface area (Å²) in [5, 5.41) is 0. The van der Waals surface area contributed by atoms with Crippen LogP contribution in [0.4, 0.5) is 5.95 Å². The van der Waals surface area contributed by atoms with Crippen LogP contribution < -0.4 is 14.4 Å². The first-order chi connectivity index (χ1) is 11.6. The van der Waals surface area contributed by atoms with Gasteiger partial charge in [0.25, 0.3) is 5.91 Å². The summed E-state index contributed by atoms with van der Waals surface area (Å²) < 4.78 is 12.5. The molecule has 1 aliphatic rings. The highest BCUT2D eigenvalue weighted by molar-refractivity contribution is 5.95. The van der Waals surface area contributed by atoms with Crippen LogP contribution in [0.25, 0.3) is 0 Å². The predicted molar refractivity (Wildman–Crippen MR) is 90.9 cm³/mol. The number of anilines is 1. The van der Waals surface area contributed by atoms with Gasteiger partial charge in [-0.05, 0) is 18.2 Å². The standard InChI is InChI=1S/C17H22N4O3/c1-19-7-6-18-17(19)21-10-8-20(9-11-21)16(22)13-4-5-14(23-2)15(12-13)24-3/h4-7,12H,8-11H2,1-3H3. The van der Waals surface area contributed by atoms with Crippen LogP contribution >= 0.6 is 0 Å². The van der Waals surface area contributed by atoms with Gasteiger partial charge in [-0.2, -0.15) is 0 Å². The van der Waals surface area contributed by atoms with Gasteiger partial charge in [0.1, 0.15) is 0 Å². The molecule has 2 aromatic rings. The van der Waals surface area contributed by atoms with Crippen LogP contribution in [0, 0.1) is 0 Å². The molecule has 0 atom stereocenters. The molecule has 7 heteroatoms. The van der Waals surface area contributed by atoms with E-state index in [-0.39, 0.29) is 5.91 Å². The summed E-state index contributed by atoms with van der Waals surface area (Å²) in [7, 11) is 5.12. The Kier molecular flexibility index (Phi) is 4.59. The Bertz CT molecular complexity index is 720. The second kappa shape index (κ2) is 6.82. The van der Waals surface area contributed by atoms with Crippen LogP contribution in [0.1, 0.15) is 10.4 Å². The summed E-state index contributed by atoms with van der Waals surface area (Å²) in [4.78, 5) is 21.1. The van der Waals surface area contributed by atoms with Gasteiger partial charge in [-0.25, -0.2) is 4.98 Å². The van der Waals surface area contributed by atoms with Gasteiger partial charge in [0, 0.05) is 51.2 Å². The number of imidazole rings is 1. The molecule has 1 aromatic carbocycles. The number of ether oxygens (including phenoxy) is 2. The molecule has 128 valence electrons. The highest BCUT2D eigenvalue weighted by Crippen LogP contribution is 2.28. The maximum Gasteiger partial charge on any atom is 0.254 e. The lowest BCUT2D eigenvalue weighted by atomic mass is 10.1. The fourth-order valence-electron chi connectivity index (χ4n) is 2.92. The first-order valence-corrected chi connectivity index (χ1v) is 7.87. The molecule has 0 saturated carbocycles. The third-order valence-electron chi connectivity index (χ3n) is 4.28. The van der Waals surface area contributed by atoms with Gasteiger partial charge in [-0.1, -0.05) is 0 Å². The van der Waals surface area contributed by atoms with Crippen molar-refractivity contribution in [1.29, 1.82) is 0 Å². The van der Waals surface area contributed by atoms with E-state index < -0.39 is 0 Å². The summed E-state index contributed by atoms with van der Waals surface area (Å²) in [5.41, 5.74) is 0.609. The summed E-state index contributed by atoms with van der Waals surface area (Å²) >= 11 is 0. The second-order valence-electron chi connectivity index (χ2n) is 5.69. The molecule has 0 unspecified atom stereocenters. The van der Waals surface area contributed by atoms with Crippen molar-refractivity contribution in [2.45, 2.75) is 0 Å². The van der Waals surface area contributed by atoms with E-state index >= 15 is 0 Å². The third kappa shape index (κ3) is 3.02. The zero-order chi connectivity index (χ0) is 17.1. The Morgan fingerprint density at radius 1 is 1.08 bits per heavy atom. The summed E-state index contributed by atoms with van der Waals surface area (Å²) in [6.07, 6.45) is 3.72. The Labute approximate surface area is 141 Å². The molecule has 0 bridgehead atoms. The monoisotopic (exact) mass is 330 g/mol. The SMILES string of the molecule is COc1ccc(C(=O)N2CCN(c3nccn3C)CC2)cc1OC. The first-order valence-electron chi connectivity index (χ1n) is 7.87. The minimum Gasteiger partial charge on any atom is -0.493 e. The van der Waals surface area contributed by atoms with E-state index in [2.05, 4.69) is 9.88 Å². The predicted octanol–water partition coefficient (Wildman–Crippen LogP) is 1.40. The van der Waals surface area contributed by atoms with Crippen molar-refractivity contribution >= 4 is 11.9 Å². The van der Waals surface area contributed by atoms with Gasteiger partial charge in [0.15, 0.2) is 11.5 Å². The van der Waals surface area contributed by atoms with Crippen molar-refractivity contribution in [2.75, 3.05) is 45.3 Å². The van der Waals surface area contributed by atoms with Crippen molar-refractivity contribution in [1.82, 2.24) is 14.5 Å². The van der Waals surface area contributed by atoms with Gasteiger partial charge in [-0.15, -0.1) is 0 Å². The minimum atomic E-state index is 0.00967. The van der Waals surface area contributed by atoms with Crippen LogP contribution in [0.15, 0.2) is 30.6 Å². The molecule has 24 heavy (non-hydrogen) atoms. The van der Waals surface area contributed by atoms with Gasteiger partial charge < -0.3 is 23.8 Å². The molecule has 0 spiro atoms. The van der Waals surface area contributed by atoms with Gasteiger partial charge in [-0.3, -0.25) is 4.79 Å². The molecule has 1 fully saturated rings. The Morgan fingerprint density at radius 2 is 1.79 bits per heavy atom. The molecule has 1 saturated heterocycles. The van der Waals surface area contributed by atoms with E-state index in [4.69, 9.17) is 9.47 Å². The molecular weight excluding hydrogens is 308 g/mol. The summed E-state index contributed by atoms with van der Waals surface area (Å²) in [6.45, 7) is 2.87. The normalized spacial score (nSPS) is 14.6. The maximum atomic E-state index is 12.7. The van der Waals surface area contributed by atoms with Gasteiger partial charge in [0.05, 0.1) is 14.2 Å². The van der Waals surface area contributed by atoms with Crippen LogP contribution in [0.5, 0.6) is 11.5 Å². The smallest absolute Gasteiger partial charge is 0.254 e. The van der Waals surface area contributed by atoms with Crippen LogP contribution in [-0.2, 0) is 7.05 Å². The lowest BCUT2D eigenvalue weighted by molar-refractivity contribution is 0.0745. The topological polar surface area (TPSA) is 59.8 Å². The third-order valence-corrected chi connectivity index (χ3v) is 4.28. The first kappa shape index (κ1) is 16.2. The average molecular weight is 330 g/mol. The molecule has 0 N–H and O–H groups in total. The second-order valence-corrected chi connectivity index (χ2v) is 5.69. The van der Waals surface area contributed by atoms with Crippen molar-refractivity contribution in [3.8, 4) is 11.5 Å². The van der Waals surface area contributed by atoms with E-state index in [0.717, 1.165) is 19.0 Å². The highest BCUT2D eigenvalue weighted by Gasteiger charge is 2.24. The number of piperazine rings is 1. The van der Waals surface area contributed by atoms with Crippen LogP contribution in [0.2, 0.25) is 0 Å². The van der Waals surface area contributed by atoms with Crippen LogP contribution in [0.3, 0.4) is 0 Å². The number of aromatic nitrogens is 2. The van der Waals surface area contributed by atoms with E-state index in [0.29, 0.717) is 30.2 Å². The highest BCUT2D eigenvalue weighted by atomic mass is 16.5. The number of methoxy groups -OCH3 is 2. The van der Waals surface area contributed by atoms with E-state index in [9.17, 15) is 4.79 Å². The number of aryl methyl sites for hydroxylation is 1. The van der Waals surface area contributed by atoms with E-state index in [1.54, 1.807) is 38.6 Å². The van der Waals surface area contributed by atoms with E-state index in [1.807, 2.05) is 22.7 Å². The molecule has 1 aromatic heterocycles. The quantitative estimate of drug-likeness (QED) is 0.848. The summed E-state index contributed by atoms with van der Waals surface area (Å²) in [5.74, 6) is 2.13. The number of carbonyl (C=O) groups is 1. The number of amides is 1. The lowest BCUT2D eigenvalue weighted by Crippen LogP contribution is -2.49. The number of rotatable bonds is 4. The Balaban J connectivity index is 1.68. The number of carbonyl (C=O) groups excluding carboxylic acids is 1. The number of hydrogen-bond acceptors (Lipinski definition) is 5. The summed E-state index contributed by atoms with van der Waals surface area (Å²) in [6, 6.07) is 5.26. The molecule has 0 aliphatic carbocycles. The Morgan fingerprint density at radius 3 is 2.38 bits per heavy atom. The molecule has 7 nitrogen and oxygen atoms in total. The number of benzene rings is 1. The Hall–Kier alpha value is -2.70. The molecule has 3 rings (SSSR count). The van der Waals surface area contributed by atoms with Crippen molar-refractivity contribution in [3.05, 3.63) is 36.2 Å². The molecule has 0 radical (unpaired) electrons. The molecule has 2 heterocycles. The van der Waals surface area contributed by atoms with Crippen molar-refractivity contribution in [2.24, 2.45) is 7.05 Å².